The maximum absolute atomic E-state index is 12.8. The Hall–Kier alpha value is -2.80. The van der Waals surface area contributed by atoms with Crippen molar-refractivity contribution in [1.82, 2.24) is 19.1 Å². The first-order valence-corrected chi connectivity index (χ1v) is 9.81. The van der Waals surface area contributed by atoms with Gasteiger partial charge in [0, 0.05) is 12.6 Å². The fourth-order valence-electron chi connectivity index (χ4n) is 3.09. The van der Waals surface area contributed by atoms with E-state index in [9.17, 15) is 4.79 Å². The molecule has 0 saturated carbocycles. The summed E-state index contributed by atoms with van der Waals surface area (Å²) < 4.78 is 9.03. The zero-order valence-electron chi connectivity index (χ0n) is 15.3. The highest BCUT2D eigenvalue weighted by Crippen LogP contribution is 2.25. The molecule has 0 bridgehead atoms. The molecule has 0 radical (unpaired) electrons. The molecule has 27 heavy (non-hydrogen) atoms. The Labute approximate surface area is 160 Å². The van der Waals surface area contributed by atoms with Crippen LogP contribution in [-0.4, -0.2) is 26.2 Å². The molecule has 0 atom stereocenters. The lowest BCUT2D eigenvalue weighted by Gasteiger charge is -2.09. The van der Waals surface area contributed by atoms with Crippen molar-refractivity contribution in [3.8, 4) is 5.75 Å². The van der Waals surface area contributed by atoms with Crippen LogP contribution in [-0.2, 0) is 12.4 Å². The average Bonchev–Trinajstić information content (AvgIpc) is 3.05. The van der Waals surface area contributed by atoms with Crippen LogP contribution in [0, 0.1) is 0 Å². The summed E-state index contributed by atoms with van der Waals surface area (Å²) in [5.41, 5.74) is 2.68. The van der Waals surface area contributed by atoms with E-state index in [1.807, 2.05) is 18.2 Å². The third-order valence-electron chi connectivity index (χ3n) is 4.43. The second kappa shape index (κ2) is 7.44. The van der Waals surface area contributed by atoms with Gasteiger partial charge in [0.1, 0.15) is 5.75 Å². The van der Waals surface area contributed by atoms with Gasteiger partial charge in [-0.25, -0.2) is 9.97 Å². The Bertz CT molecular complexity index is 1170. The van der Waals surface area contributed by atoms with Gasteiger partial charge >= 0.3 is 0 Å². The summed E-state index contributed by atoms with van der Waals surface area (Å²) in [5, 5.41) is 1.50. The van der Waals surface area contributed by atoms with Crippen molar-refractivity contribution in [3.63, 3.8) is 0 Å². The minimum absolute atomic E-state index is 0.0618. The topological polar surface area (TPSA) is 61.9 Å². The Kier molecular flexibility index (Phi) is 4.85. The number of rotatable bonds is 6. The van der Waals surface area contributed by atoms with Crippen LogP contribution in [0.4, 0.5) is 0 Å². The molecular weight excluding hydrogens is 360 g/mol. The van der Waals surface area contributed by atoms with Crippen LogP contribution in [0.15, 0.2) is 58.7 Å². The first kappa shape index (κ1) is 17.6. The zero-order chi connectivity index (χ0) is 18.8. The van der Waals surface area contributed by atoms with Crippen LogP contribution >= 0.6 is 11.8 Å². The average molecular weight is 380 g/mol. The third-order valence-corrected chi connectivity index (χ3v) is 5.41. The Morgan fingerprint density at radius 1 is 1.15 bits per heavy atom. The first-order valence-electron chi connectivity index (χ1n) is 8.82. The van der Waals surface area contributed by atoms with E-state index >= 15 is 0 Å². The molecule has 0 saturated heterocycles. The lowest BCUT2D eigenvalue weighted by Crippen LogP contribution is -2.19. The van der Waals surface area contributed by atoms with E-state index in [0.717, 1.165) is 29.2 Å². The minimum Gasteiger partial charge on any atom is -0.497 e. The number of aromatic nitrogens is 4. The molecule has 4 rings (SSSR count). The molecule has 0 N–H and O–H groups in total. The molecule has 0 aliphatic heterocycles. The largest absolute Gasteiger partial charge is 0.497 e. The second-order valence-corrected chi connectivity index (χ2v) is 7.12. The van der Waals surface area contributed by atoms with Gasteiger partial charge in [-0.3, -0.25) is 9.36 Å². The molecule has 2 heterocycles. The van der Waals surface area contributed by atoms with Gasteiger partial charge in [0.15, 0.2) is 5.16 Å². The summed E-state index contributed by atoms with van der Waals surface area (Å²) in [6, 6.07) is 13.4. The van der Waals surface area contributed by atoms with Gasteiger partial charge in [0.05, 0.1) is 41.3 Å². The normalized spacial score (nSPS) is 11.3. The molecule has 0 unspecified atom stereocenters. The molecule has 138 valence electrons. The van der Waals surface area contributed by atoms with Crippen LogP contribution in [0.25, 0.3) is 21.9 Å². The van der Waals surface area contributed by atoms with E-state index in [1.54, 1.807) is 48.0 Å². The first-order chi connectivity index (χ1) is 13.2. The Balaban J connectivity index is 1.66. The predicted molar refractivity (Wildman–Crippen MR) is 108 cm³/mol. The van der Waals surface area contributed by atoms with Crippen molar-refractivity contribution in [2.24, 2.45) is 0 Å². The van der Waals surface area contributed by atoms with E-state index in [-0.39, 0.29) is 5.56 Å². The number of ether oxygens (including phenoxy) is 1. The SMILES string of the molecule is CCCn1c(SCn2cnc3cc(OC)ccc3c2=O)nc2ccccc21. The monoisotopic (exact) mass is 380 g/mol. The number of fused-ring (bicyclic) bond motifs is 2. The standard InChI is InChI=1S/C20H20N4O2S/c1-3-10-24-18-7-5-4-6-16(18)22-20(24)27-13-23-12-21-17-11-14(26-2)8-9-15(17)19(23)25/h4-9,11-12H,3,10,13H2,1-2H3. The summed E-state index contributed by atoms with van der Waals surface area (Å²) in [7, 11) is 1.60. The summed E-state index contributed by atoms with van der Waals surface area (Å²) >= 11 is 1.55. The maximum atomic E-state index is 12.8. The fraction of sp³-hybridized carbons (Fsp3) is 0.250. The molecule has 7 heteroatoms. The Morgan fingerprint density at radius 2 is 2.00 bits per heavy atom. The third kappa shape index (κ3) is 3.30. The molecule has 2 aromatic heterocycles. The number of aryl methyl sites for hydroxylation is 1. The lowest BCUT2D eigenvalue weighted by atomic mass is 10.2. The number of thioether (sulfide) groups is 1. The fourth-order valence-corrected chi connectivity index (χ4v) is 4.03. The summed E-state index contributed by atoms with van der Waals surface area (Å²) in [6.45, 7) is 3.04. The van der Waals surface area contributed by atoms with Crippen molar-refractivity contribution in [1.29, 1.82) is 0 Å². The van der Waals surface area contributed by atoms with E-state index in [2.05, 4.69) is 22.5 Å². The number of benzene rings is 2. The maximum Gasteiger partial charge on any atom is 0.261 e. The van der Waals surface area contributed by atoms with E-state index in [0.29, 0.717) is 22.5 Å². The van der Waals surface area contributed by atoms with Gasteiger partial charge in [0.2, 0.25) is 0 Å². The highest BCUT2D eigenvalue weighted by molar-refractivity contribution is 7.98. The summed E-state index contributed by atoms with van der Waals surface area (Å²) in [6.07, 6.45) is 2.61. The molecule has 2 aromatic carbocycles. The zero-order valence-corrected chi connectivity index (χ0v) is 16.1. The lowest BCUT2D eigenvalue weighted by molar-refractivity contribution is 0.415. The molecule has 6 nitrogen and oxygen atoms in total. The van der Waals surface area contributed by atoms with E-state index in [4.69, 9.17) is 9.72 Å². The van der Waals surface area contributed by atoms with Crippen LogP contribution in [0.2, 0.25) is 0 Å². The van der Waals surface area contributed by atoms with Crippen LogP contribution < -0.4 is 10.3 Å². The quantitative estimate of drug-likeness (QED) is 0.475. The van der Waals surface area contributed by atoms with Crippen LogP contribution in [0.1, 0.15) is 13.3 Å². The number of hydrogen-bond donors (Lipinski definition) is 0. The molecule has 0 aliphatic rings. The van der Waals surface area contributed by atoms with Gasteiger partial charge in [0.25, 0.3) is 5.56 Å². The number of para-hydroxylation sites is 2. The van der Waals surface area contributed by atoms with Crippen molar-refractivity contribution >= 4 is 33.7 Å². The number of hydrogen-bond acceptors (Lipinski definition) is 5. The summed E-state index contributed by atoms with van der Waals surface area (Å²) in [5.74, 6) is 1.15. The van der Waals surface area contributed by atoms with Crippen molar-refractivity contribution in [2.75, 3.05) is 7.11 Å². The van der Waals surface area contributed by atoms with E-state index < -0.39 is 0 Å². The second-order valence-electron chi connectivity index (χ2n) is 6.21. The highest BCUT2D eigenvalue weighted by Gasteiger charge is 2.12. The van der Waals surface area contributed by atoms with Gasteiger partial charge in [-0.1, -0.05) is 30.8 Å². The van der Waals surface area contributed by atoms with E-state index in [1.165, 1.54) is 0 Å². The molecular formula is C20H20N4O2S. The van der Waals surface area contributed by atoms with Crippen LogP contribution in [0.5, 0.6) is 5.75 Å². The van der Waals surface area contributed by atoms with Gasteiger partial charge in [-0.2, -0.15) is 0 Å². The molecule has 0 fully saturated rings. The van der Waals surface area contributed by atoms with Gasteiger partial charge < -0.3 is 9.30 Å². The minimum atomic E-state index is -0.0618. The molecule has 4 aromatic rings. The van der Waals surface area contributed by atoms with Gasteiger partial charge in [-0.15, -0.1) is 0 Å². The van der Waals surface area contributed by atoms with Gasteiger partial charge in [-0.05, 0) is 30.7 Å². The number of nitrogens with zero attached hydrogens (tertiary/aromatic N) is 4. The molecule has 0 spiro atoms. The smallest absolute Gasteiger partial charge is 0.261 e. The molecule has 0 amide bonds. The highest BCUT2D eigenvalue weighted by atomic mass is 32.2. The number of methoxy groups -OCH3 is 1. The summed E-state index contributed by atoms with van der Waals surface area (Å²) in [4.78, 5) is 21.9. The van der Waals surface area contributed by atoms with Crippen molar-refractivity contribution < 1.29 is 4.74 Å². The molecule has 0 aliphatic carbocycles. The van der Waals surface area contributed by atoms with Crippen LogP contribution in [0.3, 0.4) is 0 Å². The number of imidazole rings is 1. The van der Waals surface area contributed by atoms with Crippen molar-refractivity contribution in [2.45, 2.75) is 30.9 Å². The predicted octanol–water partition coefficient (Wildman–Crippen LogP) is 3.91. The van der Waals surface area contributed by atoms with Crippen molar-refractivity contribution in [3.05, 3.63) is 59.1 Å². The Morgan fingerprint density at radius 3 is 2.81 bits per heavy atom.